The topological polar surface area (TPSA) is 101 Å². The van der Waals surface area contributed by atoms with E-state index in [1.807, 2.05) is 64.4 Å². The molecule has 2 heterocycles. The summed E-state index contributed by atoms with van der Waals surface area (Å²) >= 11 is 3.69. The van der Waals surface area contributed by atoms with E-state index in [1.54, 1.807) is 16.2 Å². The maximum atomic E-state index is 13.7. The summed E-state index contributed by atoms with van der Waals surface area (Å²) in [6.07, 6.45) is 0.778. The summed E-state index contributed by atoms with van der Waals surface area (Å²) in [5.41, 5.74) is 4.42. The first kappa shape index (κ1) is 29.5. The number of amides is 3. The molecule has 1 aliphatic heterocycles. The van der Waals surface area contributed by atoms with Crippen LogP contribution in [0, 0.1) is 18.3 Å². The van der Waals surface area contributed by atoms with Crippen molar-refractivity contribution in [1.29, 1.82) is 0 Å². The van der Waals surface area contributed by atoms with Crippen molar-refractivity contribution in [2.24, 2.45) is 11.3 Å². The van der Waals surface area contributed by atoms with Gasteiger partial charge in [-0.05, 0) is 35.8 Å². The van der Waals surface area contributed by atoms with E-state index >= 15 is 0 Å². The average Bonchev–Trinajstić information content (AvgIpc) is 3.46. The van der Waals surface area contributed by atoms with Crippen LogP contribution in [0.3, 0.4) is 0 Å². The second-order valence-corrected chi connectivity index (χ2v) is 12.1. The summed E-state index contributed by atoms with van der Waals surface area (Å²) in [6.45, 7) is 11.0. The molecule has 2 aromatic rings. The number of nitrogens with one attached hydrogen (secondary N) is 2. The van der Waals surface area contributed by atoms with Crippen molar-refractivity contribution >= 4 is 51.6 Å². The highest BCUT2D eigenvalue weighted by Gasteiger charge is 2.43. The van der Waals surface area contributed by atoms with Gasteiger partial charge in [0.15, 0.2) is 0 Å². The Labute approximate surface area is 237 Å². The number of alkyl halides is 1. The first-order chi connectivity index (χ1) is 17.5. The minimum absolute atomic E-state index is 0.172. The number of halogens is 1. The number of carbonyl (C=O) groups is 3. The smallest absolute Gasteiger partial charge is 0.246 e. The third-order valence-electron chi connectivity index (χ3n) is 6.49. The molecule has 0 radical (unpaired) electrons. The van der Waals surface area contributed by atoms with E-state index in [-0.39, 0.29) is 30.1 Å². The summed E-state index contributed by atoms with van der Waals surface area (Å²) in [6, 6.07) is 6.78. The zero-order chi connectivity index (χ0) is 27.2. The van der Waals surface area contributed by atoms with Crippen molar-refractivity contribution in [3.8, 4) is 10.4 Å². The summed E-state index contributed by atoms with van der Waals surface area (Å²) in [7, 11) is 0. The van der Waals surface area contributed by atoms with Crippen LogP contribution in [0.25, 0.3) is 10.4 Å². The Morgan fingerprint density at radius 1 is 1.24 bits per heavy atom. The van der Waals surface area contributed by atoms with Gasteiger partial charge in [-0.25, -0.2) is 4.98 Å². The van der Waals surface area contributed by atoms with E-state index in [1.165, 1.54) is 0 Å². The Bertz CT molecular complexity index is 1080. The van der Waals surface area contributed by atoms with Crippen LogP contribution in [0.5, 0.6) is 0 Å². The molecule has 0 bridgehead atoms. The standard InChI is InChI=1S/C27H37IN4O4S/c1-17-12-21(25(34)29-13-19-6-8-20(9-7-19)23-18(2)30-16-37-23)32(14-17)26(35)24(27(3,4)5)31-22(33)10-11-36-15-28/h6-9,16-17,21,24H,10-15H2,1-5H3,(H,29,34)(H,31,33)/t17-,21+,24-/m1/s1. The van der Waals surface area contributed by atoms with Gasteiger partial charge < -0.3 is 20.3 Å². The summed E-state index contributed by atoms with van der Waals surface area (Å²) in [4.78, 5) is 46.5. The fourth-order valence-corrected chi connectivity index (χ4v) is 5.59. The molecule has 0 spiro atoms. The van der Waals surface area contributed by atoms with Crippen LogP contribution in [0.1, 0.15) is 51.8 Å². The van der Waals surface area contributed by atoms with Gasteiger partial charge >= 0.3 is 0 Å². The summed E-state index contributed by atoms with van der Waals surface area (Å²) < 4.78 is 5.77. The number of likely N-dealkylation sites (tertiary alicyclic amines) is 1. The highest BCUT2D eigenvalue weighted by molar-refractivity contribution is 14.1. The number of carbonyl (C=O) groups excluding carboxylic acids is 3. The second-order valence-electron chi connectivity index (χ2n) is 10.7. The number of benzene rings is 1. The predicted octanol–water partition coefficient (Wildman–Crippen LogP) is 4.30. The van der Waals surface area contributed by atoms with Gasteiger partial charge in [0.2, 0.25) is 17.7 Å². The second kappa shape index (κ2) is 13.1. The zero-order valence-corrected chi connectivity index (χ0v) is 25.1. The fourth-order valence-electron chi connectivity index (χ4n) is 4.47. The lowest BCUT2D eigenvalue weighted by atomic mass is 9.85. The average molecular weight is 641 g/mol. The van der Waals surface area contributed by atoms with Crippen LogP contribution < -0.4 is 10.6 Å². The first-order valence-corrected chi connectivity index (χ1v) is 14.9. The van der Waals surface area contributed by atoms with Gasteiger partial charge in [-0.3, -0.25) is 14.4 Å². The molecule has 1 aromatic heterocycles. The van der Waals surface area contributed by atoms with Crippen LogP contribution in [0.15, 0.2) is 29.8 Å². The highest BCUT2D eigenvalue weighted by Crippen LogP contribution is 2.29. The van der Waals surface area contributed by atoms with Crippen LogP contribution in [-0.2, 0) is 25.7 Å². The van der Waals surface area contributed by atoms with Gasteiger partial charge in [0, 0.05) is 13.1 Å². The Hall–Kier alpha value is -2.05. The molecule has 3 atom stereocenters. The number of hydrogen-bond acceptors (Lipinski definition) is 6. The first-order valence-electron chi connectivity index (χ1n) is 12.5. The Balaban J connectivity index is 1.65. The quantitative estimate of drug-likeness (QED) is 0.229. The number of thiazole rings is 1. The minimum atomic E-state index is -0.733. The Morgan fingerprint density at radius 2 is 1.95 bits per heavy atom. The molecular weight excluding hydrogens is 603 g/mol. The van der Waals surface area contributed by atoms with Crippen molar-refractivity contribution in [1.82, 2.24) is 20.5 Å². The molecule has 2 N–H and O–H groups in total. The van der Waals surface area contributed by atoms with Crippen molar-refractivity contribution in [3.05, 3.63) is 41.0 Å². The number of ether oxygens (including phenoxy) is 1. The number of aryl methyl sites for hydroxylation is 1. The number of rotatable bonds is 10. The van der Waals surface area contributed by atoms with Gasteiger partial charge in [-0.15, -0.1) is 11.3 Å². The SMILES string of the molecule is Cc1ncsc1-c1ccc(CNC(=O)[C@@H]2C[C@@H](C)CN2C(=O)[C@@H](NC(=O)CCOCI)C(C)(C)C)cc1. The molecule has 0 unspecified atom stereocenters. The molecular formula is C27H37IN4O4S. The predicted molar refractivity (Wildman–Crippen MR) is 154 cm³/mol. The molecule has 3 amide bonds. The lowest BCUT2D eigenvalue weighted by molar-refractivity contribution is -0.144. The Kier molecular flexibility index (Phi) is 10.5. The molecule has 1 aliphatic rings. The third-order valence-corrected chi connectivity index (χ3v) is 7.91. The molecule has 8 nitrogen and oxygen atoms in total. The van der Waals surface area contributed by atoms with E-state index in [9.17, 15) is 14.4 Å². The van der Waals surface area contributed by atoms with Crippen LogP contribution in [0.2, 0.25) is 0 Å². The van der Waals surface area contributed by atoms with E-state index < -0.39 is 17.5 Å². The molecule has 1 aromatic carbocycles. The van der Waals surface area contributed by atoms with Gasteiger partial charge in [-0.2, -0.15) is 0 Å². The number of aromatic nitrogens is 1. The number of hydrogen-bond donors (Lipinski definition) is 2. The number of nitrogens with zero attached hydrogens (tertiary/aromatic N) is 2. The van der Waals surface area contributed by atoms with Gasteiger partial charge in [0.05, 0.1) is 33.7 Å². The zero-order valence-electron chi connectivity index (χ0n) is 22.2. The van der Waals surface area contributed by atoms with Gasteiger partial charge in [0.25, 0.3) is 0 Å². The normalized spacial score (nSPS) is 18.5. The summed E-state index contributed by atoms with van der Waals surface area (Å²) in [5, 5.41) is 5.92. The maximum Gasteiger partial charge on any atom is 0.246 e. The highest BCUT2D eigenvalue weighted by atomic mass is 127. The fraction of sp³-hybridized carbons (Fsp3) is 0.556. The molecule has 1 fully saturated rings. The Morgan fingerprint density at radius 3 is 2.54 bits per heavy atom. The van der Waals surface area contributed by atoms with Crippen LogP contribution in [-0.4, -0.2) is 57.5 Å². The molecule has 1 saturated heterocycles. The van der Waals surface area contributed by atoms with Crippen molar-refractivity contribution in [3.63, 3.8) is 0 Å². The lowest BCUT2D eigenvalue weighted by Gasteiger charge is -2.35. The molecule has 0 saturated carbocycles. The molecule has 3 rings (SSSR count). The van der Waals surface area contributed by atoms with Crippen molar-refractivity contribution in [2.45, 2.75) is 66.1 Å². The van der Waals surface area contributed by atoms with E-state index in [2.05, 4.69) is 38.2 Å². The van der Waals surface area contributed by atoms with E-state index in [0.29, 0.717) is 30.7 Å². The van der Waals surface area contributed by atoms with E-state index in [0.717, 1.165) is 21.7 Å². The van der Waals surface area contributed by atoms with Crippen LogP contribution in [0.4, 0.5) is 0 Å². The summed E-state index contributed by atoms with van der Waals surface area (Å²) in [5.74, 6) is -0.433. The minimum Gasteiger partial charge on any atom is -0.371 e. The van der Waals surface area contributed by atoms with Gasteiger partial charge in [0.1, 0.15) is 12.1 Å². The monoisotopic (exact) mass is 640 g/mol. The lowest BCUT2D eigenvalue weighted by Crippen LogP contribution is -2.57. The maximum absolute atomic E-state index is 13.7. The molecule has 0 aliphatic carbocycles. The third kappa shape index (κ3) is 7.97. The molecule has 37 heavy (non-hydrogen) atoms. The van der Waals surface area contributed by atoms with E-state index in [4.69, 9.17) is 4.74 Å². The van der Waals surface area contributed by atoms with Crippen molar-refractivity contribution in [2.75, 3.05) is 17.8 Å². The molecule has 10 heteroatoms. The van der Waals surface area contributed by atoms with Crippen LogP contribution >= 0.6 is 33.9 Å². The largest absolute Gasteiger partial charge is 0.371 e. The molecule has 202 valence electrons. The van der Waals surface area contributed by atoms with Gasteiger partial charge in [-0.1, -0.05) is 74.6 Å². The van der Waals surface area contributed by atoms with Crippen molar-refractivity contribution < 1.29 is 19.1 Å².